The van der Waals surface area contributed by atoms with Gasteiger partial charge in [-0.2, -0.15) is 0 Å². The number of aliphatic hydroxyl groups excluding tert-OH is 1. The van der Waals surface area contributed by atoms with E-state index in [1.807, 2.05) is 0 Å². The molecule has 1 spiro atoms. The second kappa shape index (κ2) is 3.14. The van der Waals surface area contributed by atoms with Crippen molar-refractivity contribution in [2.45, 2.75) is 55.1 Å². The molecule has 22 heavy (non-hydrogen) atoms. The minimum Gasteiger partial charge on any atom is -0.456 e. The molecule has 2 bridgehead atoms. The maximum absolute atomic E-state index is 12.4. The summed E-state index contributed by atoms with van der Waals surface area (Å²) in [6, 6.07) is 0. The van der Waals surface area contributed by atoms with Crippen LogP contribution in [0.4, 0.5) is 0 Å². The molecule has 3 aliphatic heterocycles. The van der Waals surface area contributed by atoms with Crippen LogP contribution in [0.3, 0.4) is 0 Å². The van der Waals surface area contributed by atoms with Gasteiger partial charge in [-0.25, -0.2) is 0 Å². The van der Waals surface area contributed by atoms with Crippen molar-refractivity contribution in [1.29, 1.82) is 0 Å². The highest BCUT2D eigenvalue weighted by Gasteiger charge is 2.96. The number of aliphatic hydroxyl groups is 3. The van der Waals surface area contributed by atoms with Gasteiger partial charge in [-0.3, -0.25) is 4.79 Å². The second-order valence-corrected chi connectivity index (χ2v) is 7.52. The highest BCUT2D eigenvalue weighted by Crippen LogP contribution is 2.76. The summed E-state index contributed by atoms with van der Waals surface area (Å²) in [5, 5.41) is 33.5. The Morgan fingerprint density at radius 2 is 1.95 bits per heavy atom. The first-order valence-corrected chi connectivity index (χ1v) is 7.46. The third-order valence-corrected chi connectivity index (χ3v) is 6.91. The molecule has 9 atom stereocenters. The normalized spacial score (nSPS) is 66.8. The van der Waals surface area contributed by atoms with Gasteiger partial charge in [-0.1, -0.05) is 13.5 Å². The maximum Gasteiger partial charge on any atom is 0.315 e. The molecule has 7 nitrogen and oxygen atoms in total. The van der Waals surface area contributed by atoms with Crippen LogP contribution < -0.4 is 0 Å². The van der Waals surface area contributed by atoms with Crippen LogP contribution in [0.25, 0.3) is 0 Å². The summed E-state index contributed by atoms with van der Waals surface area (Å²) in [7, 11) is 0. The van der Waals surface area contributed by atoms with Crippen molar-refractivity contribution >= 4 is 5.97 Å². The van der Waals surface area contributed by atoms with Crippen LogP contribution in [0.5, 0.6) is 0 Å². The molecule has 5 aliphatic rings. The van der Waals surface area contributed by atoms with E-state index < -0.39 is 52.4 Å². The van der Waals surface area contributed by atoms with Gasteiger partial charge < -0.3 is 29.5 Å². The molecule has 2 saturated carbocycles. The van der Waals surface area contributed by atoms with Gasteiger partial charge in [0.2, 0.25) is 0 Å². The summed E-state index contributed by atoms with van der Waals surface area (Å²) in [5.74, 6) is -1.97. The molecule has 3 saturated heterocycles. The Morgan fingerprint density at radius 1 is 1.32 bits per heavy atom. The summed E-state index contributed by atoms with van der Waals surface area (Å²) in [5.41, 5.74) is -5.26. The van der Waals surface area contributed by atoms with Crippen LogP contribution in [0, 0.1) is 11.3 Å². The van der Waals surface area contributed by atoms with E-state index in [0.29, 0.717) is 6.61 Å². The Labute approximate surface area is 126 Å². The number of carbonyl (C=O) groups excluding carboxylic acids is 1. The van der Waals surface area contributed by atoms with E-state index >= 15 is 0 Å². The Kier molecular flexibility index (Phi) is 1.92. The highest BCUT2D eigenvalue weighted by molar-refractivity contribution is 5.82. The van der Waals surface area contributed by atoms with Gasteiger partial charge in [0, 0.05) is 0 Å². The number of hydrogen-bond acceptors (Lipinski definition) is 7. The molecule has 3 unspecified atom stereocenters. The maximum atomic E-state index is 12.4. The van der Waals surface area contributed by atoms with Gasteiger partial charge in [0.15, 0.2) is 6.10 Å². The predicted octanol–water partition coefficient (Wildman–Crippen LogP) is -1.50. The molecule has 0 aromatic rings. The minimum atomic E-state index is -1.82. The fraction of sp³-hybridized carbons (Fsp3) is 0.800. The molecule has 0 aromatic carbocycles. The van der Waals surface area contributed by atoms with E-state index in [0.717, 1.165) is 0 Å². The van der Waals surface area contributed by atoms with E-state index in [1.54, 1.807) is 13.8 Å². The SMILES string of the molecule is C=C(C)C1(O)C2OC(=O)C1[C@]1(O)[C@H]3O[C@H]3[C@]3(CO3)[C@]1(C)[C@@H]2O. The van der Waals surface area contributed by atoms with Crippen LogP contribution in [-0.4, -0.2) is 69.1 Å². The third-order valence-electron chi connectivity index (χ3n) is 6.91. The van der Waals surface area contributed by atoms with Crippen molar-refractivity contribution in [3.63, 3.8) is 0 Å². The van der Waals surface area contributed by atoms with Crippen molar-refractivity contribution in [2.75, 3.05) is 6.61 Å². The van der Waals surface area contributed by atoms with Gasteiger partial charge in [0.1, 0.15) is 41.0 Å². The smallest absolute Gasteiger partial charge is 0.315 e. The quantitative estimate of drug-likeness (QED) is 0.307. The first-order chi connectivity index (χ1) is 10.2. The number of ether oxygens (including phenoxy) is 3. The van der Waals surface area contributed by atoms with E-state index in [4.69, 9.17) is 14.2 Å². The Morgan fingerprint density at radius 3 is 2.50 bits per heavy atom. The lowest BCUT2D eigenvalue weighted by Gasteiger charge is -2.56. The van der Waals surface area contributed by atoms with E-state index in [1.165, 1.54) is 0 Å². The largest absolute Gasteiger partial charge is 0.456 e. The molecule has 3 N–H and O–H groups in total. The first-order valence-electron chi connectivity index (χ1n) is 7.46. The molecular formula is C15H18O7. The Hall–Kier alpha value is -0.990. The van der Waals surface area contributed by atoms with Crippen LogP contribution in [0.2, 0.25) is 0 Å². The van der Waals surface area contributed by atoms with Crippen molar-refractivity contribution in [1.82, 2.24) is 0 Å². The second-order valence-electron chi connectivity index (χ2n) is 7.52. The molecule has 0 radical (unpaired) electrons. The fourth-order valence-electron chi connectivity index (χ4n) is 5.46. The molecule has 2 aliphatic carbocycles. The number of hydrogen-bond donors (Lipinski definition) is 3. The van der Waals surface area contributed by atoms with Gasteiger partial charge >= 0.3 is 5.97 Å². The average molecular weight is 310 g/mol. The first kappa shape index (κ1) is 13.4. The van der Waals surface area contributed by atoms with Crippen LogP contribution in [-0.2, 0) is 19.0 Å². The predicted molar refractivity (Wildman–Crippen MR) is 69.5 cm³/mol. The molecule has 0 aromatic heterocycles. The highest BCUT2D eigenvalue weighted by atomic mass is 16.7. The van der Waals surface area contributed by atoms with Gasteiger partial charge in [-0.05, 0) is 12.5 Å². The zero-order chi connectivity index (χ0) is 15.9. The topological polar surface area (TPSA) is 112 Å². The van der Waals surface area contributed by atoms with E-state index in [2.05, 4.69) is 6.58 Å². The summed E-state index contributed by atoms with van der Waals surface area (Å²) in [6.07, 6.45) is -3.46. The van der Waals surface area contributed by atoms with Crippen LogP contribution >= 0.6 is 0 Å². The summed E-state index contributed by atoms with van der Waals surface area (Å²) < 4.78 is 16.4. The van der Waals surface area contributed by atoms with Gasteiger partial charge in [-0.15, -0.1) is 0 Å². The zero-order valence-electron chi connectivity index (χ0n) is 12.3. The Balaban J connectivity index is 1.79. The molecular weight excluding hydrogens is 292 g/mol. The number of rotatable bonds is 1. The molecule has 120 valence electrons. The summed E-state index contributed by atoms with van der Waals surface area (Å²) in [6.45, 7) is 7.35. The number of esters is 1. The lowest BCUT2D eigenvalue weighted by Crippen LogP contribution is -2.76. The number of fused-ring (bicyclic) bond motifs is 8. The number of epoxide rings is 2. The average Bonchev–Trinajstić information content (AvgIpc) is 3.30. The van der Waals surface area contributed by atoms with Gasteiger partial charge in [0.25, 0.3) is 0 Å². The van der Waals surface area contributed by atoms with Crippen molar-refractivity contribution in [3.05, 3.63) is 12.2 Å². The van der Waals surface area contributed by atoms with E-state index in [-0.39, 0.29) is 11.7 Å². The lowest BCUT2D eigenvalue weighted by atomic mass is 9.50. The third kappa shape index (κ3) is 0.917. The lowest BCUT2D eigenvalue weighted by molar-refractivity contribution is -0.267. The van der Waals surface area contributed by atoms with Crippen molar-refractivity contribution < 1.29 is 34.3 Å². The number of carbonyl (C=O) groups is 1. The minimum absolute atomic E-state index is 0.276. The zero-order valence-corrected chi connectivity index (χ0v) is 12.3. The molecule has 0 amide bonds. The summed E-state index contributed by atoms with van der Waals surface area (Å²) >= 11 is 0. The van der Waals surface area contributed by atoms with Crippen LogP contribution in [0.1, 0.15) is 13.8 Å². The van der Waals surface area contributed by atoms with Crippen molar-refractivity contribution in [3.8, 4) is 0 Å². The standard InChI is InChI=1S/C15H18O7/c1-5(2)14(18)6-11(17)22-8(14)7(16)12(3)13(4-20-13)9-10(21-9)15(6,12)19/h6-10,16,18-19H,1,4H2,2-3H3/t6?,7-,8?,9-,10+,12+,13-,14?,15+/m1/s1. The Bertz CT molecular complexity index is 642. The molecule has 7 heteroatoms. The molecule has 5 rings (SSSR count). The summed E-state index contributed by atoms with van der Waals surface area (Å²) in [4.78, 5) is 12.4. The van der Waals surface area contributed by atoms with Gasteiger partial charge in [0.05, 0.1) is 12.0 Å². The van der Waals surface area contributed by atoms with E-state index in [9.17, 15) is 20.1 Å². The molecule has 5 fully saturated rings. The fourth-order valence-corrected chi connectivity index (χ4v) is 5.46. The monoisotopic (exact) mass is 310 g/mol. The molecule has 3 heterocycles. The van der Waals surface area contributed by atoms with Crippen LogP contribution in [0.15, 0.2) is 12.2 Å². The van der Waals surface area contributed by atoms with Crippen molar-refractivity contribution in [2.24, 2.45) is 11.3 Å².